The van der Waals surface area contributed by atoms with Crippen molar-refractivity contribution < 1.29 is 13.2 Å². The fourth-order valence-electron chi connectivity index (χ4n) is 5.51. The number of aryl methyl sites for hydroxylation is 1. The van der Waals surface area contributed by atoms with Gasteiger partial charge in [-0.25, -0.2) is 8.42 Å². The van der Waals surface area contributed by atoms with Crippen LogP contribution in [0.1, 0.15) is 39.5 Å². The maximum Gasteiger partial charge on any atom is 0.253 e. The number of unbranched alkanes of at least 4 members (excludes halogenated alkanes) is 3. The van der Waals surface area contributed by atoms with Gasteiger partial charge in [-0.05, 0) is 55.6 Å². The average molecular weight is 553 g/mol. The van der Waals surface area contributed by atoms with Crippen molar-refractivity contribution in [2.24, 2.45) is 0 Å². The van der Waals surface area contributed by atoms with Gasteiger partial charge in [0.2, 0.25) is 5.91 Å². The number of thiophene rings is 1. The van der Waals surface area contributed by atoms with Crippen LogP contribution in [0.5, 0.6) is 0 Å². The van der Waals surface area contributed by atoms with Crippen LogP contribution in [0.15, 0.2) is 64.2 Å². The largest absolute Gasteiger partial charge is 0.341 e. The smallest absolute Gasteiger partial charge is 0.253 e. The Kier molecular flexibility index (Phi) is 8.18. The van der Waals surface area contributed by atoms with Crippen LogP contribution in [0.2, 0.25) is 0 Å². The van der Waals surface area contributed by atoms with Crippen LogP contribution in [0.25, 0.3) is 21.8 Å². The molecule has 1 aliphatic rings. The van der Waals surface area contributed by atoms with E-state index in [2.05, 4.69) is 40.8 Å². The van der Waals surface area contributed by atoms with Gasteiger partial charge in [-0.2, -0.15) is 4.31 Å². The molecule has 1 fully saturated rings. The van der Waals surface area contributed by atoms with E-state index < -0.39 is 16.1 Å². The first-order chi connectivity index (χ1) is 18.4. The van der Waals surface area contributed by atoms with E-state index in [4.69, 9.17) is 0 Å². The standard InChI is InChI=1S/C29H36N4O3S2/c1-3-5-6-9-16-31-17-18-33(38(35,36)28-13-10-19-37-28)27(21-31)29(34)30-22-14-15-26-24(20-22)23-11-7-8-12-25(23)32(26)4-2/h7-8,10-15,19-20,27H,3-6,9,16-18,21H2,1-2H3,(H,30,34)/t27-/m0/s1. The van der Waals surface area contributed by atoms with E-state index in [9.17, 15) is 13.2 Å². The third-order valence-electron chi connectivity index (χ3n) is 7.46. The Morgan fingerprint density at radius 2 is 1.79 bits per heavy atom. The van der Waals surface area contributed by atoms with Crippen LogP contribution in [0, 0.1) is 0 Å². The first-order valence-electron chi connectivity index (χ1n) is 13.5. The molecule has 202 valence electrons. The molecule has 5 rings (SSSR count). The van der Waals surface area contributed by atoms with Crippen molar-refractivity contribution in [3.63, 3.8) is 0 Å². The molecule has 1 aliphatic heterocycles. The van der Waals surface area contributed by atoms with Crippen LogP contribution in [-0.2, 0) is 21.4 Å². The summed E-state index contributed by atoms with van der Waals surface area (Å²) in [5, 5.41) is 7.03. The van der Waals surface area contributed by atoms with Crippen LogP contribution in [0.3, 0.4) is 0 Å². The molecule has 0 saturated carbocycles. The van der Waals surface area contributed by atoms with Crippen molar-refractivity contribution in [1.29, 1.82) is 0 Å². The number of carbonyl (C=O) groups excluding carboxylic acids is 1. The van der Waals surface area contributed by atoms with Gasteiger partial charge in [-0.15, -0.1) is 11.3 Å². The molecule has 3 heterocycles. The Bertz CT molecular complexity index is 1510. The number of nitrogens with zero attached hydrogens (tertiary/aromatic N) is 3. The molecule has 4 aromatic rings. The van der Waals surface area contributed by atoms with Gasteiger partial charge in [0.25, 0.3) is 10.0 Å². The van der Waals surface area contributed by atoms with Crippen LogP contribution in [0.4, 0.5) is 5.69 Å². The zero-order chi connectivity index (χ0) is 26.7. The van der Waals surface area contributed by atoms with E-state index in [0.29, 0.717) is 25.3 Å². The third kappa shape index (κ3) is 5.25. The highest BCUT2D eigenvalue weighted by molar-refractivity contribution is 7.91. The van der Waals surface area contributed by atoms with Gasteiger partial charge in [0, 0.05) is 53.7 Å². The van der Waals surface area contributed by atoms with Crippen LogP contribution in [-0.4, -0.2) is 60.3 Å². The van der Waals surface area contributed by atoms with E-state index in [1.54, 1.807) is 17.5 Å². The molecule has 1 N–H and O–H groups in total. The average Bonchev–Trinajstić information content (AvgIpc) is 3.58. The number of carbonyl (C=O) groups is 1. The summed E-state index contributed by atoms with van der Waals surface area (Å²) in [4.78, 5) is 16.0. The van der Waals surface area contributed by atoms with Gasteiger partial charge in [0.1, 0.15) is 10.3 Å². The van der Waals surface area contributed by atoms with Gasteiger partial charge in [0.15, 0.2) is 0 Å². The lowest BCUT2D eigenvalue weighted by atomic mass is 10.1. The highest BCUT2D eigenvalue weighted by atomic mass is 32.2. The minimum absolute atomic E-state index is 0.278. The minimum atomic E-state index is -3.76. The van der Waals surface area contributed by atoms with E-state index in [-0.39, 0.29) is 10.1 Å². The van der Waals surface area contributed by atoms with Crippen molar-refractivity contribution in [3.05, 3.63) is 60.0 Å². The lowest BCUT2D eigenvalue weighted by Crippen LogP contribution is -2.59. The Labute approximate surface area is 229 Å². The monoisotopic (exact) mass is 552 g/mol. The van der Waals surface area contributed by atoms with E-state index in [1.807, 2.05) is 30.3 Å². The topological polar surface area (TPSA) is 74.7 Å². The second kappa shape index (κ2) is 11.6. The number of amides is 1. The lowest BCUT2D eigenvalue weighted by molar-refractivity contribution is -0.121. The van der Waals surface area contributed by atoms with Gasteiger partial charge in [0.05, 0.1) is 0 Å². The van der Waals surface area contributed by atoms with Gasteiger partial charge in [-0.1, -0.05) is 50.5 Å². The number of benzene rings is 2. The first kappa shape index (κ1) is 26.9. The summed E-state index contributed by atoms with van der Waals surface area (Å²) in [5.41, 5.74) is 2.95. The molecule has 1 saturated heterocycles. The van der Waals surface area contributed by atoms with Crippen molar-refractivity contribution in [2.45, 2.75) is 56.3 Å². The van der Waals surface area contributed by atoms with Gasteiger partial charge in [-0.3, -0.25) is 9.69 Å². The van der Waals surface area contributed by atoms with Gasteiger partial charge >= 0.3 is 0 Å². The summed E-state index contributed by atoms with van der Waals surface area (Å²) in [5.74, 6) is -0.290. The summed E-state index contributed by atoms with van der Waals surface area (Å²) >= 11 is 1.19. The Balaban J connectivity index is 1.42. The molecule has 9 heteroatoms. The fraction of sp³-hybridized carbons (Fsp3) is 0.414. The number of fused-ring (bicyclic) bond motifs is 3. The van der Waals surface area contributed by atoms with Crippen molar-refractivity contribution in [2.75, 3.05) is 31.5 Å². The Hall–Kier alpha value is -2.72. The predicted molar refractivity (Wildman–Crippen MR) is 156 cm³/mol. The summed E-state index contributed by atoms with van der Waals surface area (Å²) in [7, 11) is -3.76. The normalized spacial score (nSPS) is 17.4. The number of nitrogens with one attached hydrogen (secondary N) is 1. The number of para-hydroxylation sites is 1. The van der Waals surface area contributed by atoms with Crippen LogP contribution < -0.4 is 5.32 Å². The molecule has 7 nitrogen and oxygen atoms in total. The quantitative estimate of drug-likeness (QED) is 0.254. The Morgan fingerprint density at radius 1 is 0.974 bits per heavy atom. The number of rotatable bonds is 10. The van der Waals surface area contributed by atoms with Gasteiger partial charge < -0.3 is 9.88 Å². The number of piperazine rings is 1. The lowest BCUT2D eigenvalue weighted by Gasteiger charge is -2.39. The predicted octanol–water partition coefficient (Wildman–Crippen LogP) is 5.77. The van der Waals surface area contributed by atoms with E-state index in [1.165, 1.54) is 28.5 Å². The third-order valence-corrected chi connectivity index (χ3v) is 10.7. The number of anilines is 1. The zero-order valence-electron chi connectivity index (χ0n) is 22.1. The van der Waals surface area contributed by atoms with Crippen molar-refractivity contribution in [1.82, 2.24) is 13.8 Å². The molecular weight excluding hydrogens is 516 g/mol. The van der Waals surface area contributed by atoms with E-state index >= 15 is 0 Å². The maximum atomic E-state index is 13.7. The fourth-order valence-corrected chi connectivity index (χ4v) is 8.20. The highest BCUT2D eigenvalue weighted by Crippen LogP contribution is 2.32. The Morgan fingerprint density at radius 3 is 2.55 bits per heavy atom. The molecule has 0 bridgehead atoms. The molecule has 2 aromatic carbocycles. The zero-order valence-corrected chi connectivity index (χ0v) is 23.7. The first-order valence-corrected chi connectivity index (χ1v) is 15.9. The molecule has 38 heavy (non-hydrogen) atoms. The van der Waals surface area contributed by atoms with Crippen LogP contribution >= 0.6 is 11.3 Å². The van der Waals surface area contributed by atoms with Crippen molar-refractivity contribution in [3.8, 4) is 0 Å². The summed E-state index contributed by atoms with van der Waals surface area (Å²) in [6, 6.07) is 16.8. The second-order valence-electron chi connectivity index (χ2n) is 9.91. The number of hydrogen-bond donors (Lipinski definition) is 1. The molecule has 0 aliphatic carbocycles. The van der Waals surface area contributed by atoms with Crippen molar-refractivity contribution >= 4 is 54.8 Å². The highest BCUT2D eigenvalue weighted by Gasteiger charge is 2.40. The molecule has 1 amide bonds. The SMILES string of the molecule is CCCCCCN1CCN(S(=O)(=O)c2cccs2)[C@H](C(=O)Nc2ccc3c(c2)c2ccccc2n3CC)C1. The molecule has 2 aromatic heterocycles. The molecule has 0 unspecified atom stereocenters. The molecular formula is C29H36N4O3S2. The number of sulfonamides is 1. The minimum Gasteiger partial charge on any atom is -0.341 e. The molecule has 0 spiro atoms. The maximum absolute atomic E-state index is 13.7. The second-order valence-corrected chi connectivity index (χ2v) is 13.0. The summed E-state index contributed by atoms with van der Waals surface area (Å²) < 4.78 is 31.0. The molecule has 0 radical (unpaired) electrons. The number of aromatic nitrogens is 1. The summed E-state index contributed by atoms with van der Waals surface area (Å²) in [6.07, 6.45) is 4.55. The van der Waals surface area contributed by atoms with E-state index in [0.717, 1.165) is 47.7 Å². The molecule has 1 atom stereocenters. The number of hydrogen-bond acceptors (Lipinski definition) is 5. The summed E-state index contributed by atoms with van der Waals surface area (Å²) in [6.45, 7) is 7.35.